The number of hydrogen-bond acceptors (Lipinski definition) is 5. The summed E-state index contributed by atoms with van der Waals surface area (Å²) in [6.07, 6.45) is 1.04. The van der Waals surface area contributed by atoms with Crippen LogP contribution in [-0.4, -0.2) is 40.0 Å². The standard InChI is InChI=1S/C28H30FN3O4S/c1-2-16-30-28(34)26(17-21-8-4-3-5-9-21)31(18-23-10-6-7-11-25(23)29)27(33)20-37-19-22-12-14-24(15-13-22)32(35)36/h3-15,26H,2,16-20H2,1H3,(H,30,34)/t26-/m0/s1. The summed E-state index contributed by atoms with van der Waals surface area (Å²) in [5, 5.41) is 13.8. The number of amides is 2. The Bertz CT molecular complexity index is 1190. The summed E-state index contributed by atoms with van der Waals surface area (Å²) in [6, 6.07) is 21.0. The van der Waals surface area contributed by atoms with Gasteiger partial charge in [0.1, 0.15) is 11.9 Å². The van der Waals surface area contributed by atoms with E-state index in [1.807, 2.05) is 37.3 Å². The number of nitro groups is 1. The second-order valence-electron chi connectivity index (χ2n) is 8.53. The van der Waals surface area contributed by atoms with E-state index in [1.165, 1.54) is 34.9 Å². The molecule has 3 aromatic carbocycles. The van der Waals surface area contributed by atoms with Gasteiger partial charge in [0.05, 0.1) is 10.7 Å². The van der Waals surface area contributed by atoms with Crippen LogP contribution in [0, 0.1) is 15.9 Å². The number of nitrogens with one attached hydrogen (secondary N) is 1. The lowest BCUT2D eigenvalue weighted by Gasteiger charge is -2.31. The molecule has 37 heavy (non-hydrogen) atoms. The molecule has 7 nitrogen and oxygen atoms in total. The predicted octanol–water partition coefficient (Wildman–Crippen LogP) is 5.13. The molecule has 0 radical (unpaired) electrons. The van der Waals surface area contributed by atoms with Crippen LogP contribution in [0.25, 0.3) is 0 Å². The molecule has 2 amide bonds. The normalized spacial score (nSPS) is 11.5. The Morgan fingerprint density at radius 3 is 2.32 bits per heavy atom. The summed E-state index contributed by atoms with van der Waals surface area (Å²) in [6.45, 7) is 2.38. The van der Waals surface area contributed by atoms with Gasteiger partial charge < -0.3 is 10.2 Å². The zero-order valence-corrected chi connectivity index (χ0v) is 21.5. The minimum atomic E-state index is -0.818. The van der Waals surface area contributed by atoms with E-state index in [0.717, 1.165) is 17.5 Å². The molecule has 0 unspecified atom stereocenters. The summed E-state index contributed by atoms with van der Waals surface area (Å²) in [5.41, 5.74) is 2.06. The second kappa shape index (κ2) is 14.1. The van der Waals surface area contributed by atoms with Crippen LogP contribution >= 0.6 is 11.8 Å². The molecule has 1 N–H and O–H groups in total. The minimum Gasteiger partial charge on any atom is -0.354 e. The van der Waals surface area contributed by atoms with Crippen molar-refractivity contribution in [3.63, 3.8) is 0 Å². The smallest absolute Gasteiger partial charge is 0.269 e. The van der Waals surface area contributed by atoms with Crippen LogP contribution in [0.4, 0.5) is 10.1 Å². The number of thioether (sulfide) groups is 1. The molecule has 0 fully saturated rings. The summed E-state index contributed by atoms with van der Waals surface area (Å²) in [7, 11) is 0. The van der Waals surface area contributed by atoms with Gasteiger partial charge in [-0.3, -0.25) is 19.7 Å². The number of hydrogen-bond donors (Lipinski definition) is 1. The van der Waals surface area contributed by atoms with Gasteiger partial charge in [0.25, 0.3) is 5.69 Å². The summed E-state index contributed by atoms with van der Waals surface area (Å²) < 4.78 is 14.6. The van der Waals surface area contributed by atoms with Crippen LogP contribution in [0.15, 0.2) is 78.9 Å². The van der Waals surface area contributed by atoms with Crippen molar-refractivity contribution in [1.82, 2.24) is 10.2 Å². The van der Waals surface area contributed by atoms with Gasteiger partial charge in [-0.05, 0) is 23.6 Å². The second-order valence-corrected chi connectivity index (χ2v) is 9.51. The first kappa shape index (κ1) is 27.9. The molecule has 0 saturated carbocycles. The Balaban J connectivity index is 1.81. The maximum atomic E-state index is 14.6. The van der Waals surface area contributed by atoms with Crippen LogP contribution in [0.1, 0.15) is 30.0 Å². The van der Waals surface area contributed by atoms with E-state index in [1.54, 1.807) is 30.3 Å². The van der Waals surface area contributed by atoms with Crippen molar-refractivity contribution in [3.8, 4) is 0 Å². The minimum absolute atomic E-state index is 0.00253. The van der Waals surface area contributed by atoms with E-state index >= 15 is 0 Å². The van der Waals surface area contributed by atoms with Crippen LogP contribution < -0.4 is 5.32 Å². The molecule has 0 spiro atoms. The van der Waals surface area contributed by atoms with Crippen molar-refractivity contribution in [2.75, 3.05) is 12.3 Å². The lowest BCUT2D eigenvalue weighted by molar-refractivity contribution is -0.384. The Hall–Kier alpha value is -3.72. The number of non-ortho nitro benzene ring substituents is 1. The van der Waals surface area contributed by atoms with Crippen molar-refractivity contribution in [2.45, 2.75) is 38.1 Å². The Kier molecular flexibility index (Phi) is 10.6. The molecule has 3 aromatic rings. The highest BCUT2D eigenvalue weighted by molar-refractivity contribution is 7.99. The third-order valence-electron chi connectivity index (χ3n) is 5.76. The number of nitrogens with zero attached hydrogens (tertiary/aromatic N) is 2. The van der Waals surface area contributed by atoms with Crippen molar-refractivity contribution in [1.29, 1.82) is 0 Å². The van der Waals surface area contributed by atoms with E-state index in [9.17, 15) is 24.1 Å². The van der Waals surface area contributed by atoms with Crippen LogP contribution in [-0.2, 0) is 28.3 Å². The van der Waals surface area contributed by atoms with E-state index in [0.29, 0.717) is 24.3 Å². The Labute approximate surface area is 220 Å². The summed E-state index contributed by atoms with van der Waals surface area (Å²) in [5.74, 6) is -0.481. The van der Waals surface area contributed by atoms with Gasteiger partial charge in [0, 0.05) is 43.0 Å². The zero-order chi connectivity index (χ0) is 26.6. The van der Waals surface area contributed by atoms with Crippen molar-refractivity contribution in [3.05, 3.63) is 111 Å². The fourth-order valence-corrected chi connectivity index (χ4v) is 4.65. The average Bonchev–Trinajstić information content (AvgIpc) is 2.91. The molecule has 0 heterocycles. The molecule has 0 bridgehead atoms. The molecule has 0 aliphatic carbocycles. The van der Waals surface area contributed by atoms with Gasteiger partial charge in [0.2, 0.25) is 11.8 Å². The number of nitro benzene ring substituents is 1. The highest BCUT2D eigenvalue weighted by Crippen LogP contribution is 2.21. The topological polar surface area (TPSA) is 92.6 Å². The van der Waals surface area contributed by atoms with E-state index in [4.69, 9.17) is 0 Å². The Morgan fingerprint density at radius 2 is 1.68 bits per heavy atom. The van der Waals surface area contributed by atoms with Gasteiger partial charge in [-0.1, -0.05) is 67.6 Å². The molecule has 0 aliphatic rings. The lowest BCUT2D eigenvalue weighted by atomic mass is 10.0. The van der Waals surface area contributed by atoms with Gasteiger partial charge in [-0.25, -0.2) is 4.39 Å². The average molecular weight is 524 g/mol. The fraction of sp³-hybridized carbons (Fsp3) is 0.286. The van der Waals surface area contributed by atoms with E-state index < -0.39 is 16.8 Å². The van der Waals surface area contributed by atoms with Crippen LogP contribution in [0.5, 0.6) is 0 Å². The van der Waals surface area contributed by atoms with Crippen LogP contribution in [0.2, 0.25) is 0 Å². The van der Waals surface area contributed by atoms with Gasteiger partial charge in [-0.15, -0.1) is 11.8 Å². The largest absolute Gasteiger partial charge is 0.354 e. The Morgan fingerprint density at radius 1 is 1.00 bits per heavy atom. The van der Waals surface area contributed by atoms with Gasteiger partial charge in [-0.2, -0.15) is 0 Å². The number of benzene rings is 3. The molecule has 3 rings (SSSR count). The quantitative estimate of drug-likeness (QED) is 0.248. The first-order valence-corrected chi connectivity index (χ1v) is 13.2. The van der Waals surface area contributed by atoms with Crippen molar-refractivity contribution >= 4 is 29.3 Å². The monoisotopic (exact) mass is 523 g/mol. The number of halogens is 1. The molecule has 1 atom stereocenters. The van der Waals surface area contributed by atoms with Crippen molar-refractivity contribution in [2.24, 2.45) is 0 Å². The third kappa shape index (κ3) is 8.42. The summed E-state index contributed by atoms with van der Waals surface area (Å²) >= 11 is 1.34. The maximum absolute atomic E-state index is 14.6. The predicted molar refractivity (Wildman–Crippen MR) is 143 cm³/mol. The first-order chi connectivity index (χ1) is 17.9. The lowest BCUT2D eigenvalue weighted by Crippen LogP contribution is -2.51. The van der Waals surface area contributed by atoms with E-state index in [2.05, 4.69) is 5.32 Å². The number of carbonyl (C=O) groups is 2. The molecule has 0 saturated heterocycles. The molecular weight excluding hydrogens is 493 g/mol. The molecule has 0 aliphatic heterocycles. The molecule has 9 heteroatoms. The molecular formula is C28H30FN3O4S. The maximum Gasteiger partial charge on any atom is 0.269 e. The molecule has 194 valence electrons. The third-order valence-corrected chi connectivity index (χ3v) is 6.75. The number of rotatable bonds is 13. The highest BCUT2D eigenvalue weighted by Gasteiger charge is 2.30. The highest BCUT2D eigenvalue weighted by atomic mass is 32.2. The zero-order valence-electron chi connectivity index (χ0n) is 20.6. The summed E-state index contributed by atoms with van der Waals surface area (Å²) in [4.78, 5) is 38.6. The van der Waals surface area contributed by atoms with E-state index in [-0.39, 0.29) is 29.8 Å². The molecule has 0 aromatic heterocycles. The fourth-order valence-electron chi connectivity index (χ4n) is 3.78. The van der Waals surface area contributed by atoms with Crippen molar-refractivity contribution < 1.29 is 18.9 Å². The first-order valence-electron chi connectivity index (χ1n) is 12.0. The SMILES string of the molecule is CCCNC(=O)[C@H](Cc1ccccc1)N(Cc1ccccc1F)C(=O)CSCc1ccc([N+](=O)[O-])cc1. The number of carbonyl (C=O) groups excluding carboxylic acids is 2. The van der Waals surface area contributed by atoms with Gasteiger partial charge >= 0.3 is 0 Å². The van der Waals surface area contributed by atoms with Crippen LogP contribution in [0.3, 0.4) is 0 Å². The van der Waals surface area contributed by atoms with Gasteiger partial charge in [0.15, 0.2) is 0 Å².